The highest BCUT2D eigenvalue weighted by molar-refractivity contribution is 5.61. The fourth-order valence-corrected chi connectivity index (χ4v) is 3.20. The number of fused-ring (bicyclic) bond motifs is 1. The van der Waals surface area contributed by atoms with Crippen molar-refractivity contribution >= 4 is 6.21 Å². The van der Waals surface area contributed by atoms with E-state index in [1.807, 2.05) is 0 Å². The fourth-order valence-electron chi connectivity index (χ4n) is 3.20. The van der Waals surface area contributed by atoms with Gasteiger partial charge >= 0.3 is 0 Å². The summed E-state index contributed by atoms with van der Waals surface area (Å²) < 4.78 is 2.29. The van der Waals surface area contributed by atoms with Gasteiger partial charge in [-0.3, -0.25) is 0 Å². The molecular formula is C16H29N2+. The third kappa shape index (κ3) is 3.60. The Morgan fingerprint density at radius 2 is 2.17 bits per heavy atom. The first-order valence-corrected chi connectivity index (χ1v) is 7.75. The number of nitrogens with zero attached hydrogens (tertiary/aromatic N) is 1. The minimum absolute atomic E-state index is 0.697. The predicted octanol–water partition coefficient (Wildman–Crippen LogP) is 3.73. The molecule has 1 aliphatic heterocycles. The second-order valence-corrected chi connectivity index (χ2v) is 6.39. The van der Waals surface area contributed by atoms with Gasteiger partial charge in [0, 0.05) is 5.92 Å². The van der Waals surface area contributed by atoms with Crippen LogP contribution in [0.5, 0.6) is 0 Å². The number of hydrogen-bond acceptors (Lipinski definition) is 1. The second-order valence-electron chi connectivity index (χ2n) is 6.39. The van der Waals surface area contributed by atoms with Crippen LogP contribution < -0.4 is 5.43 Å². The Morgan fingerprint density at radius 1 is 1.33 bits per heavy atom. The minimum Gasteiger partial charge on any atom is -0.174 e. The summed E-state index contributed by atoms with van der Waals surface area (Å²) in [5.74, 6) is 2.37. The molecule has 102 valence electrons. The van der Waals surface area contributed by atoms with E-state index in [0.717, 1.165) is 12.5 Å². The second kappa shape index (κ2) is 6.40. The maximum Gasteiger partial charge on any atom is 0.177 e. The van der Waals surface area contributed by atoms with Crippen LogP contribution >= 0.6 is 0 Å². The lowest BCUT2D eigenvalue weighted by Crippen LogP contribution is -2.36. The van der Waals surface area contributed by atoms with Crippen LogP contribution in [0.3, 0.4) is 0 Å². The molecule has 1 saturated carbocycles. The highest BCUT2D eigenvalue weighted by Crippen LogP contribution is 2.31. The van der Waals surface area contributed by atoms with E-state index in [9.17, 15) is 0 Å². The molecule has 2 unspecified atom stereocenters. The molecule has 2 nitrogen and oxygen atoms in total. The molecule has 18 heavy (non-hydrogen) atoms. The van der Waals surface area contributed by atoms with Gasteiger partial charge in [0.2, 0.25) is 0 Å². The quantitative estimate of drug-likeness (QED) is 0.753. The number of rotatable bonds is 3. The zero-order chi connectivity index (χ0) is 13.0. The van der Waals surface area contributed by atoms with Crippen LogP contribution in [-0.4, -0.2) is 17.4 Å². The lowest BCUT2D eigenvalue weighted by Gasteiger charge is -2.25. The summed E-state index contributed by atoms with van der Waals surface area (Å²) >= 11 is 0. The van der Waals surface area contributed by atoms with E-state index in [2.05, 4.69) is 43.3 Å². The Balaban J connectivity index is 1.98. The molecule has 0 amide bonds. The van der Waals surface area contributed by atoms with Crippen LogP contribution in [0.4, 0.5) is 0 Å². The molecule has 1 N–H and O–H groups in total. The van der Waals surface area contributed by atoms with Gasteiger partial charge in [0.1, 0.15) is 0 Å². The molecule has 0 radical (unpaired) electrons. The average molecular weight is 249 g/mol. The zero-order valence-corrected chi connectivity index (χ0v) is 12.3. The van der Waals surface area contributed by atoms with Gasteiger partial charge < -0.3 is 0 Å². The molecule has 1 fully saturated rings. The maximum absolute atomic E-state index is 3.45. The van der Waals surface area contributed by atoms with E-state index in [0.29, 0.717) is 11.8 Å². The summed E-state index contributed by atoms with van der Waals surface area (Å²) in [6.07, 6.45) is 12.9. The molecule has 0 spiro atoms. The summed E-state index contributed by atoms with van der Waals surface area (Å²) in [4.78, 5) is 0. The van der Waals surface area contributed by atoms with Gasteiger partial charge in [-0.2, -0.15) is 5.43 Å². The van der Waals surface area contributed by atoms with E-state index in [1.54, 1.807) is 5.57 Å². The number of hydrogen-bond donors (Lipinski definition) is 1. The van der Waals surface area contributed by atoms with Gasteiger partial charge in [-0.15, -0.1) is 4.68 Å². The van der Waals surface area contributed by atoms with Crippen molar-refractivity contribution in [3.63, 3.8) is 0 Å². The molecule has 0 aromatic carbocycles. The monoisotopic (exact) mass is 249 g/mol. The first-order chi connectivity index (χ1) is 8.69. The van der Waals surface area contributed by atoms with Gasteiger partial charge in [0.25, 0.3) is 0 Å². The first kappa shape index (κ1) is 13.6. The van der Waals surface area contributed by atoms with Crippen LogP contribution in [0.15, 0.2) is 11.8 Å². The molecule has 2 rings (SSSR count). The Labute approximate surface area is 112 Å². The lowest BCUT2D eigenvalue weighted by atomic mass is 9.82. The van der Waals surface area contributed by atoms with Crippen molar-refractivity contribution in [3.8, 4) is 0 Å². The standard InChI is InChI=1S/C16H29N2/c1-4-14-6-5-7-16-12-18(11-13(2)3)17-10-15(16)9-8-14/h10,12-14,16-17H,4-9,11H2,1-3H3/q+1. The Morgan fingerprint density at radius 3 is 2.89 bits per heavy atom. The zero-order valence-electron chi connectivity index (χ0n) is 12.3. The van der Waals surface area contributed by atoms with Crippen LogP contribution in [0.1, 0.15) is 59.3 Å². The van der Waals surface area contributed by atoms with Crippen LogP contribution in [0.25, 0.3) is 0 Å². The molecule has 0 saturated heterocycles. The molecule has 1 heterocycles. The molecular weight excluding hydrogens is 220 g/mol. The fraction of sp³-hybridized carbons (Fsp3) is 0.812. The third-order valence-corrected chi connectivity index (χ3v) is 4.36. The van der Waals surface area contributed by atoms with Crippen molar-refractivity contribution in [1.29, 1.82) is 0 Å². The summed E-state index contributed by atoms with van der Waals surface area (Å²) in [6.45, 7) is 8.00. The maximum atomic E-state index is 3.45. The summed E-state index contributed by atoms with van der Waals surface area (Å²) in [7, 11) is 0. The number of hydrazine groups is 1. The topological polar surface area (TPSA) is 15.0 Å². The van der Waals surface area contributed by atoms with E-state index < -0.39 is 0 Å². The lowest BCUT2D eigenvalue weighted by molar-refractivity contribution is -0.581. The summed E-state index contributed by atoms with van der Waals surface area (Å²) in [6, 6.07) is 0. The van der Waals surface area contributed by atoms with Crippen LogP contribution in [0, 0.1) is 17.8 Å². The largest absolute Gasteiger partial charge is 0.177 e. The minimum atomic E-state index is 0.697. The molecule has 1 aliphatic carbocycles. The summed E-state index contributed by atoms with van der Waals surface area (Å²) in [5, 5.41) is 0. The number of hydrazone groups is 1. The number of allylic oxidation sites excluding steroid dienone is 1. The van der Waals surface area contributed by atoms with Crippen molar-refractivity contribution in [1.82, 2.24) is 5.43 Å². The first-order valence-electron chi connectivity index (χ1n) is 7.75. The van der Waals surface area contributed by atoms with E-state index in [1.165, 1.54) is 38.5 Å². The van der Waals surface area contributed by atoms with Gasteiger partial charge in [-0.05, 0) is 30.8 Å². The van der Waals surface area contributed by atoms with E-state index in [-0.39, 0.29) is 0 Å². The van der Waals surface area contributed by atoms with Crippen molar-refractivity contribution in [2.45, 2.75) is 59.3 Å². The molecule has 0 aromatic heterocycles. The highest BCUT2D eigenvalue weighted by Gasteiger charge is 2.25. The van der Waals surface area contributed by atoms with Gasteiger partial charge in [-0.25, -0.2) is 0 Å². The molecule has 0 aromatic rings. The molecule has 2 aliphatic rings. The summed E-state index contributed by atoms with van der Waals surface area (Å²) in [5.41, 5.74) is 5.08. The van der Waals surface area contributed by atoms with Gasteiger partial charge in [0.15, 0.2) is 12.8 Å². The normalized spacial score (nSPS) is 28.7. The van der Waals surface area contributed by atoms with Crippen molar-refractivity contribution in [2.24, 2.45) is 17.8 Å². The Bertz CT molecular complexity index is 328. The average Bonchev–Trinajstić information content (AvgIpc) is 2.30. The van der Waals surface area contributed by atoms with E-state index >= 15 is 0 Å². The SMILES string of the molecule is CCC1CCCC2C=[N+](CC(C)C)NC=C2CC1. The molecule has 0 bridgehead atoms. The highest BCUT2D eigenvalue weighted by atomic mass is 15.4. The van der Waals surface area contributed by atoms with Gasteiger partial charge in [0.05, 0.1) is 12.1 Å². The van der Waals surface area contributed by atoms with Crippen molar-refractivity contribution in [2.75, 3.05) is 6.54 Å². The van der Waals surface area contributed by atoms with E-state index in [4.69, 9.17) is 0 Å². The molecule has 2 heteroatoms. The number of nitrogens with one attached hydrogen (secondary N) is 1. The Kier molecular flexibility index (Phi) is 4.85. The third-order valence-electron chi connectivity index (χ3n) is 4.36. The smallest absolute Gasteiger partial charge is 0.174 e. The molecule has 2 atom stereocenters. The van der Waals surface area contributed by atoms with Crippen molar-refractivity contribution in [3.05, 3.63) is 11.8 Å². The van der Waals surface area contributed by atoms with Crippen LogP contribution in [0.2, 0.25) is 0 Å². The van der Waals surface area contributed by atoms with Gasteiger partial charge in [-0.1, -0.05) is 40.0 Å². The van der Waals surface area contributed by atoms with Crippen LogP contribution in [-0.2, 0) is 0 Å². The van der Waals surface area contributed by atoms with Crippen molar-refractivity contribution < 1.29 is 4.68 Å². The predicted molar refractivity (Wildman–Crippen MR) is 77.6 cm³/mol. The Hall–Kier alpha value is -0.790.